The zero-order valence-electron chi connectivity index (χ0n) is 7.77. The molecule has 0 saturated heterocycles. The SMILES string of the molecule is N[C@H]1CCOc2c(F)cc([N+](=O)[O-])cc21. The molecule has 0 bridgehead atoms. The smallest absolute Gasteiger partial charge is 0.272 e. The molecule has 1 aliphatic rings. The molecule has 0 spiro atoms. The number of halogens is 1. The molecule has 6 heteroatoms. The van der Waals surface area contributed by atoms with E-state index in [1.807, 2.05) is 0 Å². The monoisotopic (exact) mass is 212 g/mol. The number of benzene rings is 1. The molecule has 1 aromatic carbocycles. The summed E-state index contributed by atoms with van der Waals surface area (Å²) < 4.78 is 18.5. The van der Waals surface area contributed by atoms with Crippen LogP contribution in [0.4, 0.5) is 10.1 Å². The lowest BCUT2D eigenvalue weighted by atomic mass is 10.0. The summed E-state index contributed by atoms with van der Waals surface area (Å²) in [5.74, 6) is -0.686. The number of rotatable bonds is 1. The van der Waals surface area contributed by atoms with Gasteiger partial charge in [-0.05, 0) is 0 Å². The van der Waals surface area contributed by atoms with E-state index in [4.69, 9.17) is 10.5 Å². The Balaban J connectivity index is 2.56. The largest absolute Gasteiger partial charge is 0.490 e. The minimum absolute atomic E-state index is 0.0411. The summed E-state index contributed by atoms with van der Waals surface area (Å²) in [6.07, 6.45) is 0.535. The predicted octanol–water partition coefficient (Wildman–Crippen LogP) is 1.52. The molecule has 15 heavy (non-hydrogen) atoms. The number of nitrogens with zero attached hydrogens (tertiary/aromatic N) is 1. The van der Waals surface area contributed by atoms with Gasteiger partial charge in [0.2, 0.25) is 0 Å². The van der Waals surface area contributed by atoms with Crippen LogP contribution in [-0.2, 0) is 0 Å². The van der Waals surface area contributed by atoms with Crippen molar-refractivity contribution in [1.82, 2.24) is 0 Å². The van der Waals surface area contributed by atoms with Crippen LogP contribution in [0.15, 0.2) is 12.1 Å². The molecule has 0 radical (unpaired) electrons. The van der Waals surface area contributed by atoms with Gasteiger partial charge in [-0.3, -0.25) is 10.1 Å². The highest BCUT2D eigenvalue weighted by Gasteiger charge is 2.25. The fourth-order valence-electron chi connectivity index (χ4n) is 1.58. The molecule has 1 aliphatic heterocycles. The Morgan fingerprint density at radius 3 is 3.00 bits per heavy atom. The van der Waals surface area contributed by atoms with E-state index in [-0.39, 0.29) is 11.4 Å². The molecule has 2 rings (SSSR count). The number of nitro groups is 1. The van der Waals surface area contributed by atoms with Gasteiger partial charge in [0.1, 0.15) is 0 Å². The second-order valence-electron chi connectivity index (χ2n) is 3.35. The lowest BCUT2D eigenvalue weighted by Crippen LogP contribution is -2.21. The predicted molar refractivity (Wildman–Crippen MR) is 50.1 cm³/mol. The van der Waals surface area contributed by atoms with Crippen molar-refractivity contribution in [2.24, 2.45) is 5.73 Å². The number of non-ortho nitro benzene ring substituents is 1. The zero-order chi connectivity index (χ0) is 11.0. The first-order chi connectivity index (χ1) is 7.09. The Labute approximate surface area is 84.8 Å². The van der Waals surface area contributed by atoms with Crippen LogP contribution in [-0.4, -0.2) is 11.5 Å². The van der Waals surface area contributed by atoms with E-state index in [9.17, 15) is 14.5 Å². The molecule has 2 N–H and O–H groups in total. The summed E-state index contributed by atoms with van der Waals surface area (Å²) in [4.78, 5) is 9.85. The highest BCUT2D eigenvalue weighted by atomic mass is 19.1. The third kappa shape index (κ3) is 1.63. The first-order valence-corrected chi connectivity index (χ1v) is 4.46. The summed E-state index contributed by atoms with van der Waals surface area (Å²) in [5, 5.41) is 10.5. The number of hydrogen-bond acceptors (Lipinski definition) is 4. The fraction of sp³-hybridized carbons (Fsp3) is 0.333. The average molecular weight is 212 g/mol. The van der Waals surface area contributed by atoms with E-state index >= 15 is 0 Å². The van der Waals surface area contributed by atoms with Gasteiger partial charge in [0.15, 0.2) is 11.6 Å². The summed E-state index contributed by atoms with van der Waals surface area (Å²) in [6.45, 7) is 0.336. The summed E-state index contributed by atoms with van der Waals surface area (Å²) in [7, 11) is 0. The van der Waals surface area contributed by atoms with E-state index in [1.165, 1.54) is 6.07 Å². The standard InChI is InChI=1S/C9H9FN2O3/c10-7-4-5(12(13)14)3-6-8(11)1-2-15-9(6)7/h3-4,8H,1-2,11H2/t8-/m0/s1. The first-order valence-electron chi connectivity index (χ1n) is 4.46. The molecular weight excluding hydrogens is 203 g/mol. The summed E-state index contributed by atoms with van der Waals surface area (Å²) in [6, 6.07) is 1.71. The van der Waals surface area contributed by atoms with Crippen molar-refractivity contribution in [3.05, 3.63) is 33.6 Å². The van der Waals surface area contributed by atoms with Crippen LogP contribution >= 0.6 is 0 Å². The van der Waals surface area contributed by atoms with E-state index in [2.05, 4.69) is 0 Å². The lowest BCUT2D eigenvalue weighted by Gasteiger charge is -2.22. The van der Waals surface area contributed by atoms with Gasteiger partial charge in [0.25, 0.3) is 5.69 Å². The number of nitrogens with two attached hydrogens (primary N) is 1. The van der Waals surface area contributed by atoms with Crippen LogP contribution in [0.1, 0.15) is 18.0 Å². The Morgan fingerprint density at radius 1 is 1.60 bits per heavy atom. The summed E-state index contributed by atoms with van der Waals surface area (Å²) >= 11 is 0. The second kappa shape index (κ2) is 3.47. The Kier molecular flexibility index (Phi) is 2.28. The fourth-order valence-corrected chi connectivity index (χ4v) is 1.58. The van der Waals surface area contributed by atoms with Crippen LogP contribution < -0.4 is 10.5 Å². The van der Waals surface area contributed by atoms with E-state index < -0.39 is 16.8 Å². The van der Waals surface area contributed by atoms with Crippen molar-refractivity contribution in [3.63, 3.8) is 0 Å². The Hall–Kier alpha value is -1.69. The third-order valence-corrected chi connectivity index (χ3v) is 2.34. The first kappa shape index (κ1) is 9.85. The molecule has 0 saturated carbocycles. The number of hydrogen-bond donors (Lipinski definition) is 1. The van der Waals surface area contributed by atoms with Crippen LogP contribution in [0.5, 0.6) is 5.75 Å². The quantitative estimate of drug-likeness (QED) is 0.565. The molecular formula is C9H9FN2O3. The van der Waals surface area contributed by atoms with Gasteiger partial charge in [0.05, 0.1) is 17.6 Å². The van der Waals surface area contributed by atoms with Crippen molar-refractivity contribution in [2.45, 2.75) is 12.5 Å². The molecule has 0 amide bonds. The third-order valence-electron chi connectivity index (χ3n) is 2.34. The Bertz CT molecular complexity index is 422. The molecule has 1 heterocycles. The van der Waals surface area contributed by atoms with Crippen molar-refractivity contribution in [1.29, 1.82) is 0 Å². The number of ether oxygens (including phenoxy) is 1. The molecule has 80 valence electrons. The van der Waals surface area contributed by atoms with Crippen molar-refractivity contribution >= 4 is 5.69 Å². The second-order valence-corrected chi connectivity index (χ2v) is 3.35. The highest BCUT2D eigenvalue weighted by molar-refractivity contribution is 5.47. The van der Waals surface area contributed by atoms with Crippen LogP contribution in [0.25, 0.3) is 0 Å². The van der Waals surface area contributed by atoms with Gasteiger partial charge in [-0.25, -0.2) is 4.39 Å². The Morgan fingerprint density at radius 2 is 2.33 bits per heavy atom. The molecule has 1 atom stereocenters. The van der Waals surface area contributed by atoms with Gasteiger partial charge < -0.3 is 10.5 Å². The molecule has 0 aromatic heterocycles. The maximum absolute atomic E-state index is 13.4. The van der Waals surface area contributed by atoms with Crippen molar-refractivity contribution in [2.75, 3.05) is 6.61 Å². The van der Waals surface area contributed by atoms with Crippen molar-refractivity contribution < 1.29 is 14.1 Å². The van der Waals surface area contributed by atoms with Crippen LogP contribution in [0.2, 0.25) is 0 Å². The van der Waals surface area contributed by atoms with E-state index in [1.54, 1.807) is 0 Å². The number of fused-ring (bicyclic) bond motifs is 1. The maximum atomic E-state index is 13.4. The minimum atomic E-state index is -0.727. The van der Waals surface area contributed by atoms with Crippen LogP contribution in [0.3, 0.4) is 0 Å². The maximum Gasteiger partial charge on any atom is 0.272 e. The molecule has 0 unspecified atom stereocenters. The molecule has 0 fully saturated rings. The van der Waals surface area contributed by atoms with Gasteiger partial charge >= 0.3 is 0 Å². The topological polar surface area (TPSA) is 78.4 Å². The van der Waals surface area contributed by atoms with Crippen molar-refractivity contribution in [3.8, 4) is 5.75 Å². The van der Waals surface area contributed by atoms with Crippen LogP contribution in [0, 0.1) is 15.9 Å². The van der Waals surface area contributed by atoms with E-state index in [0.717, 1.165) is 6.07 Å². The minimum Gasteiger partial charge on any atom is -0.490 e. The highest BCUT2D eigenvalue weighted by Crippen LogP contribution is 2.35. The normalized spacial score (nSPS) is 19.2. The molecule has 5 nitrogen and oxygen atoms in total. The lowest BCUT2D eigenvalue weighted by molar-refractivity contribution is -0.385. The van der Waals surface area contributed by atoms with Gasteiger partial charge in [0, 0.05) is 24.1 Å². The zero-order valence-corrected chi connectivity index (χ0v) is 7.77. The number of nitro benzene ring substituents is 1. The van der Waals surface area contributed by atoms with Gasteiger partial charge in [-0.1, -0.05) is 0 Å². The summed E-state index contributed by atoms with van der Waals surface area (Å²) in [5.41, 5.74) is 5.78. The van der Waals surface area contributed by atoms with E-state index in [0.29, 0.717) is 18.6 Å². The average Bonchev–Trinajstić information content (AvgIpc) is 2.19. The molecule has 1 aromatic rings. The molecule has 0 aliphatic carbocycles. The van der Waals surface area contributed by atoms with Gasteiger partial charge in [-0.2, -0.15) is 0 Å². The van der Waals surface area contributed by atoms with Gasteiger partial charge in [-0.15, -0.1) is 0 Å².